The molecule has 2 atom stereocenters. The highest BCUT2D eigenvalue weighted by atomic mass is 16.5. The van der Waals surface area contributed by atoms with Gasteiger partial charge >= 0.3 is 6.03 Å². The number of urea groups is 1. The molecule has 0 aliphatic rings. The predicted molar refractivity (Wildman–Crippen MR) is 123 cm³/mol. The third-order valence-corrected chi connectivity index (χ3v) is 4.53. The number of carbonyl (C=O) groups excluding carboxylic acids is 4. The first-order valence-electron chi connectivity index (χ1n) is 10.3. The average molecular weight is 459 g/mol. The molecule has 0 saturated carbocycles. The Bertz CT molecular complexity index is 1070. The van der Waals surface area contributed by atoms with Gasteiger partial charge in [0.2, 0.25) is 11.8 Å². The largest absolute Gasteiger partial charge is 0.474 e. The van der Waals surface area contributed by atoms with Crippen molar-refractivity contribution in [3.63, 3.8) is 0 Å². The van der Waals surface area contributed by atoms with Crippen LogP contribution in [0.2, 0.25) is 0 Å². The number of nitrogens with zero attached hydrogens (tertiary/aromatic N) is 2. The maximum absolute atomic E-state index is 12.7. The molecule has 11 heteroatoms. The highest BCUT2D eigenvalue weighted by Gasteiger charge is 2.24. The van der Waals surface area contributed by atoms with Gasteiger partial charge in [-0.25, -0.2) is 10.2 Å². The highest BCUT2D eigenvalue weighted by Crippen LogP contribution is 2.18. The van der Waals surface area contributed by atoms with Crippen LogP contribution >= 0.6 is 0 Å². The Kier molecular flexibility index (Phi) is 8.16. The molecule has 0 fully saturated rings. The molecule has 11 nitrogen and oxygen atoms in total. The minimum Gasteiger partial charge on any atom is -0.474 e. The van der Waals surface area contributed by atoms with Gasteiger partial charge < -0.3 is 30.5 Å². The molecule has 2 aromatic rings. The number of primary amides is 1. The van der Waals surface area contributed by atoms with E-state index in [4.69, 9.17) is 10.5 Å². The van der Waals surface area contributed by atoms with E-state index < -0.39 is 35.5 Å². The molecule has 0 aliphatic carbocycles. The Morgan fingerprint density at radius 2 is 1.88 bits per heavy atom. The summed E-state index contributed by atoms with van der Waals surface area (Å²) >= 11 is 0. The van der Waals surface area contributed by atoms with Crippen molar-refractivity contribution in [3.8, 4) is 0 Å². The Labute approximate surface area is 191 Å². The van der Waals surface area contributed by atoms with Gasteiger partial charge in [-0.2, -0.15) is 0 Å². The van der Waals surface area contributed by atoms with Gasteiger partial charge in [0.1, 0.15) is 23.6 Å². The van der Waals surface area contributed by atoms with E-state index in [1.165, 1.54) is 6.92 Å². The van der Waals surface area contributed by atoms with E-state index in [1.54, 1.807) is 38.5 Å². The predicted octanol–water partition coefficient (Wildman–Crippen LogP) is 1.17. The first kappa shape index (κ1) is 25.4. The number of ether oxygens (including phenoxy) is 1. The van der Waals surface area contributed by atoms with E-state index in [0.717, 1.165) is 10.9 Å². The van der Waals surface area contributed by atoms with Crippen molar-refractivity contribution >= 4 is 40.9 Å². The van der Waals surface area contributed by atoms with Crippen LogP contribution in [-0.2, 0) is 21.4 Å². The number of hydrazone groups is 1. The summed E-state index contributed by atoms with van der Waals surface area (Å²) < 4.78 is 7.36. The van der Waals surface area contributed by atoms with Crippen molar-refractivity contribution < 1.29 is 23.9 Å². The first-order chi connectivity index (χ1) is 15.4. The second-order valence-electron chi connectivity index (χ2n) is 8.49. The molecular formula is C22H30N6O5. The Hall–Kier alpha value is -3.89. The van der Waals surface area contributed by atoms with Crippen molar-refractivity contribution in [2.24, 2.45) is 17.9 Å². The number of hydrogen-bond donors (Lipinski definition) is 4. The molecule has 1 aromatic carbocycles. The third-order valence-electron chi connectivity index (χ3n) is 4.53. The van der Waals surface area contributed by atoms with Gasteiger partial charge in [-0.05, 0) is 39.8 Å². The van der Waals surface area contributed by atoms with Crippen molar-refractivity contribution in [2.75, 3.05) is 0 Å². The summed E-state index contributed by atoms with van der Waals surface area (Å²) in [6.07, 6.45) is 0.388. The van der Waals surface area contributed by atoms with Crippen molar-refractivity contribution in [3.05, 3.63) is 36.0 Å². The average Bonchev–Trinajstić information content (AvgIpc) is 3.07. The van der Waals surface area contributed by atoms with Crippen LogP contribution in [-0.4, -0.2) is 52.3 Å². The Balaban J connectivity index is 2.05. The minimum absolute atomic E-state index is 0.00545. The van der Waals surface area contributed by atoms with Gasteiger partial charge in [-0.3, -0.25) is 9.59 Å². The molecule has 4 amide bonds. The fourth-order valence-corrected chi connectivity index (χ4v) is 3.05. The molecule has 5 N–H and O–H groups in total. The van der Waals surface area contributed by atoms with Crippen molar-refractivity contribution in [1.82, 2.24) is 20.6 Å². The zero-order valence-electron chi connectivity index (χ0n) is 19.3. The van der Waals surface area contributed by atoms with Gasteiger partial charge in [-0.1, -0.05) is 18.2 Å². The smallest absolute Gasteiger partial charge is 0.332 e. The summed E-state index contributed by atoms with van der Waals surface area (Å²) in [5, 5.41) is 9.83. The lowest BCUT2D eigenvalue weighted by Crippen LogP contribution is -2.49. The van der Waals surface area contributed by atoms with Crippen LogP contribution < -0.4 is 21.8 Å². The summed E-state index contributed by atoms with van der Waals surface area (Å²) in [7, 11) is 1.76. The number of aldehydes is 1. The SMILES string of the molecule is C[C@H](NC(=O)c1cc2ccccc2n1C)C(=O)N[C@H](C=O)C/C(=N/NC(N)=O)OC(C)(C)C. The molecule has 0 aliphatic heterocycles. The van der Waals surface area contributed by atoms with Crippen LogP contribution in [0.1, 0.15) is 44.6 Å². The van der Waals surface area contributed by atoms with Crippen LogP contribution in [0.5, 0.6) is 0 Å². The number of rotatable bonds is 8. The maximum atomic E-state index is 12.7. The molecule has 0 bridgehead atoms. The molecule has 1 heterocycles. The van der Waals surface area contributed by atoms with E-state index in [0.29, 0.717) is 12.0 Å². The fourth-order valence-electron chi connectivity index (χ4n) is 3.05. The number of carbonyl (C=O) groups is 4. The normalized spacial score (nSPS) is 13.7. The topological polar surface area (TPSA) is 157 Å². The third kappa shape index (κ3) is 7.34. The number of aryl methyl sites for hydroxylation is 1. The molecule has 0 unspecified atom stereocenters. The number of fused-ring (bicyclic) bond motifs is 1. The monoisotopic (exact) mass is 458 g/mol. The highest BCUT2D eigenvalue weighted by molar-refractivity contribution is 6.01. The van der Waals surface area contributed by atoms with E-state index in [2.05, 4.69) is 15.7 Å². The summed E-state index contributed by atoms with van der Waals surface area (Å²) in [6.45, 7) is 6.77. The Morgan fingerprint density at radius 3 is 2.45 bits per heavy atom. The van der Waals surface area contributed by atoms with Gasteiger partial charge in [0.15, 0.2) is 0 Å². The fraction of sp³-hybridized carbons (Fsp3) is 0.409. The lowest BCUT2D eigenvalue weighted by Gasteiger charge is -2.24. The van der Waals surface area contributed by atoms with Crippen LogP contribution in [0.15, 0.2) is 35.4 Å². The number of aromatic nitrogens is 1. The number of nitrogens with one attached hydrogen (secondary N) is 3. The van der Waals surface area contributed by atoms with Crippen LogP contribution in [0.25, 0.3) is 10.9 Å². The zero-order valence-corrected chi connectivity index (χ0v) is 19.3. The second kappa shape index (κ2) is 10.6. The van der Waals surface area contributed by atoms with Crippen LogP contribution in [0.4, 0.5) is 4.79 Å². The van der Waals surface area contributed by atoms with Gasteiger partial charge in [0.05, 0.1) is 12.5 Å². The molecule has 0 spiro atoms. The molecule has 33 heavy (non-hydrogen) atoms. The van der Waals surface area contributed by atoms with Gasteiger partial charge in [0, 0.05) is 18.0 Å². The summed E-state index contributed by atoms with van der Waals surface area (Å²) in [4.78, 5) is 47.8. The van der Waals surface area contributed by atoms with Crippen LogP contribution in [0.3, 0.4) is 0 Å². The van der Waals surface area contributed by atoms with Crippen molar-refractivity contribution in [1.29, 1.82) is 0 Å². The first-order valence-corrected chi connectivity index (χ1v) is 10.3. The summed E-state index contributed by atoms with van der Waals surface area (Å²) in [5.41, 5.74) is 7.68. The summed E-state index contributed by atoms with van der Waals surface area (Å²) in [5.74, 6) is -0.994. The minimum atomic E-state index is -1.01. The van der Waals surface area contributed by atoms with E-state index in [1.807, 2.05) is 29.7 Å². The standard InChI is InChI=1S/C22H30N6O5/c1-13(24-20(31)17-10-14-8-6-7-9-16(14)28(17)5)19(30)25-15(12-29)11-18(26-27-21(23)32)33-22(2,3)4/h6-10,12-13,15H,11H2,1-5H3,(H,24,31)(H,25,30)(H3,23,27,32)/b26-18-/t13-,15-/m0/s1. The number of amides is 4. The van der Waals surface area contributed by atoms with Gasteiger partial charge in [-0.15, -0.1) is 5.10 Å². The molecule has 2 rings (SSSR count). The quantitative estimate of drug-likeness (QED) is 0.202. The van der Waals surface area contributed by atoms with Crippen LogP contribution in [0, 0.1) is 0 Å². The molecule has 0 radical (unpaired) electrons. The van der Waals surface area contributed by atoms with E-state index >= 15 is 0 Å². The Morgan fingerprint density at radius 1 is 1.21 bits per heavy atom. The summed E-state index contributed by atoms with van der Waals surface area (Å²) in [6, 6.07) is 6.43. The zero-order chi connectivity index (χ0) is 24.8. The lowest BCUT2D eigenvalue weighted by molar-refractivity contribution is -0.125. The maximum Gasteiger partial charge on any atom is 0.332 e. The number of benzene rings is 1. The van der Waals surface area contributed by atoms with E-state index in [-0.39, 0.29) is 12.3 Å². The second-order valence-corrected chi connectivity index (χ2v) is 8.49. The number of hydrogen-bond acceptors (Lipinski definition) is 6. The van der Waals surface area contributed by atoms with E-state index in [9.17, 15) is 19.2 Å². The van der Waals surface area contributed by atoms with Crippen molar-refractivity contribution in [2.45, 2.75) is 51.8 Å². The lowest BCUT2D eigenvalue weighted by atomic mass is 10.1. The number of para-hydroxylation sites is 1. The molecule has 178 valence electrons. The number of nitrogens with two attached hydrogens (primary N) is 1. The van der Waals surface area contributed by atoms with Gasteiger partial charge in [0.25, 0.3) is 5.91 Å². The molecular weight excluding hydrogens is 428 g/mol. The molecule has 0 saturated heterocycles. The molecule has 1 aromatic heterocycles.